The lowest BCUT2D eigenvalue weighted by Gasteiger charge is -2.36. The Labute approximate surface area is 185 Å². The van der Waals surface area contributed by atoms with Crippen molar-refractivity contribution in [2.45, 2.75) is 38.3 Å². The van der Waals surface area contributed by atoms with Crippen molar-refractivity contribution in [3.05, 3.63) is 59.7 Å². The van der Waals surface area contributed by atoms with Crippen molar-refractivity contribution in [2.75, 3.05) is 38.2 Å². The number of ether oxygens (including phenoxy) is 1. The van der Waals surface area contributed by atoms with Gasteiger partial charge in [0.2, 0.25) is 0 Å². The van der Waals surface area contributed by atoms with Crippen LogP contribution in [0.2, 0.25) is 0 Å². The highest BCUT2D eigenvalue weighted by Gasteiger charge is 2.40. The zero-order chi connectivity index (χ0) is 21.2. The molecule has 3 atom stereocenters. The quantitative estimate of drug-likeness (QED) is 0.770. The monoisotopic (exact) mass is 419 g/mol. The summed E-state index contributed by atoms with van der Waals surface area (Å²) < 4.78 is 5.52. The molecule has 31 heavy (non-hydrogen) atoms. The molecule has 2 saturated carbocycles. The maximum absolute atomic E-state index is 12.7. The first-order valence-electron chi connectivity index (χ1n) is 11.7. The van der Waals surface area contributed by atoms with Gasteiger partial charge in [-0.15, -0.1) is 0 Å². The number of benzene rings is 2. The van der Waals surface area contributed by atoms with Gasteiger partial charge in [-0.25, -0.2) is 0 Å². The summed E-state index contributed by atoms with van der Waals surface area (Å²) in [7, 11) is 1.73. The SMILES string of the molecule is COc1ccccc1N1CCN(Cc2ccc(C(=O)N[C@@H]3C[C@H]4CC[C@H]3C4)cc2)CC1. The molecule has 5 nitrogen and oxygen atoms in total. The number of hydrogen-bond donors (Lipinski definition) is 1. The third kappa shape index (κ3) is 4.42. The predicted octanol–water partition coefficient (Wildman–Crippen LogP) is 3.94. The number of methoxy groups -OCH3 is 1. The summed E-state index contributed by atoms with van der Waals surface area (Å²) >= 11 is 0. The molecule has 0 spiro atoms. The molecule has 2 aliphatic carbocycles. The van der Waals surface area contributed by atoms with Gasteiger partial charge in [-0.05, 0) is 60.9 Å². The molecule has 0 unspecified atom stereocenters. The Kier molecular flexibility index (Phi) is 5.86. The minimum absolute atomic E-state index is 0.0922. The molecule has 2 aromatic rings. The van der Waals surface area contributed by atoms with Gasteiger partial charge in [0.05, 0.1) is 12.8 Å². The van der Waals surface area contributed by atoms with Gasteiger partial charge < -0.3 is 15.0 Å². The minimum atomic E-state index is 0.0922. The summed E-state index contributed by atoms with van der Waals surface area (Å²) in [5.74, 6) is 2.59. The second-order valence-corrected chi connectivity index (χ2v) is 9.39. The number of para-hydroxylation sites is 2. The first-order valence-corrected chi connectivity index (χ1v) is 11.7. The maximum Gasteiger partial charge on any atom is 0.251 e. The standard InChI is InChI=1S/C26H33N3O2/c1-31-25-5-3-2-4-24(25)29-14-12-28(13-15-29)18-19-6-9-21(10-7-19)26(30)27-23-17-20-8-11-22(23)16-20/h2-7,9-10,20,22-23H,8,11-18H2,1H3,(H,27,30)/t20-,22-,23+/m0/s1. The fourth-order valence-corrected chi connectivity index (χ4v) is 5.73. The van der Waals surface area contributed by atoms with E-state index in [9.17, 15) is 4.79 Å². The van der Waals surface area contributed by atoms with Gasteiger partial charge in [0.25, 0.3) is 5.91 Å². The number of carbonyl (C=O) groups is 1. The fraction of sp³-hybridized carbons (Fsp3) is 0.500. The van der Waals surface area contributed by atoms with Crippen molar-refractivity contribution < 1.29 is 9.53 Å². The summed E-state index contributed by atoms with van der Waals surface area (Å²) in [6, 6.07) is 16.8. The number of rotatable bonds is 6. The lowest BCUT2D eigenvalue weighted by Crippen LogP contribution is -2.46. The molecule has 5 rings (SSSR count). The molecular weight excluding hydrogens is 386 g/mol. The van der Waals surface area contributed by atoms with Gasteiger partial charge in [-0.2, -0.15) is 0 Å². The zero-order valence-corrected chi connectivity index (χ0v) is 18.4. The van der Waals surface area contributed by atoms with Crippen LogP contribution in [0.25, 0.3) is 0 Å². The number of hydrogen-bond acceptors (Lipinski definition) is 4. The second-order valence-electron chi connectivity index (χ2n) is 9.39. The lowest BCUT2D eigenvalue weighted by molar-refractivity contribution is 0.0923. The Bertz CT molecular complexity index is 905. The van der Waals surface area contributed by atoms with Crippen molar-refractivity contribution >= 4 is 11.6 Å². The highest BCUT2D eigenvalue weighted by Crippen LogP contribution is 2.44. The van der Waals surface area contributed by atoms with Gasteiger partial charge in [0.15, 0.2) is 0 Å². The molecule has 5 heteroatoms. The van der Waals surface area contributed by atoms with E-state index in [4.69, 9.17) is 4.74 Å². The molecule has 1 saturated heterocycles. The van der Waals surface area contributed by atoms with E-state index in [1.165, 1.54) is 36.9 Å². The third-order valence-corrected chi connectivity index (χ3v) is 7.48. The van der Waals surface area contributed by atoms with Crippen LogP contribution >= 0.6 is 0 Å². The molecule has 1 aliphatic heterocycles. The van der Waals surface area contributed by atoms with Crippen LogP contribution < -0.4 is 15.0 Å². The summed E-state index contributed by atoms with van der Waals surface area (Å²) in [5.41, 5.74) is 3.23. The Morgan fingerprint density at radius 2 is 1.77 bits per heavy atom. The smallest absolute Gasteiger partial charge is 0.251 e. The molecule has 1 heterocycles. The molecule has 3 fully saturated rings. The molecule has 0 aromatic heterocycles. The molecule has 1 N–H and O–H groups in total. The predicted molar refractivity (Wildman–Crippen MR) is 124 cm³/mol. The second kappa shape index (κ2) is 8.91. The largest absolute Gasteiger partial charge is 0.495 e. The fourth-order valence-electron chi connectivity index (χ4n) is 5.73. The molecule has 3 aliphatic rings. The first kappa shape index (κ1) is 20.4. The summed E-state index contributed by atoms with van der Waals surface area (Å²) in [6.45, 7) is 4.94. The average Bonchev–Trinajstić information content (AvgIpc) is 3.43. The number of amides is 1. The van der Waals surface area contributed by atoms with Crippen LogP contribution in [-0.2, 0) is 6.54 Å². The number of carbonyl (C=O) groups excluding carboxylic acids is 1. The highest BCUT2D eigenvalue weighted by molar-refractivity contribution is 5.94. The van der Waals surface area contributed by atoms with E-state index in [1.54, 1.807) is 7.11 Å². The van der Waals surface area contributed by atoms with E-state index >= 15 is 0 Å². The summed E-state index contributed by atoms with van der Waals surface area (Å²) in [4.78, 5) is 17.5. The van der Waals surface area contributed by atoms with Crippen LogP contribution in [0.15, 0.2) is 48.5 Å². The third-order valence-electron chi connectivity index (χ3n) is 7.48. The van der Waals surface area contributed by atoms with Crippen LogP contribution in [0.3, 0.4) is 0 Å². The van der Waals surface area contributed by atoms with Gasteiger partial charge >= 0.3 is 0 Å². The van der Waals surface area contributed by atoms with Crippen molar-refractivity contribution in [3.63, 3.8) is 0 Å². The van der Waals surface area contributed by atoms with E-state index in [2.05, 4.69) is 39.4 Å². The van der Waals surface area contributed by atoms with Crippen molar-refractivity contribution in [3.8, 4) is 5.75 Å². The molecular formula is C26H33N3O2. The highest BCUT2D eigenvalue weighted by atomic mass is 16.5. The molecule has 2 aromatic carbocycles. The maximum atomic E-state index is 12.7. The van der Waals surface area contributed by atoms with E-state index in [1.807, 2.05) is 24.3 Å². The number of fused-ring (bicyclic) bond motifs is 2. The summed E-state index contributed by atoms with van der Waals surface area (Å²) in [5, 5.41) is 3.29. The van der Waals surface area contributed by atoms with Crippen molar-refractivity contribution in [1.82, 2.24) is 10.2 Å². The van der Waals surface area contributed by atoms with Crippen LogP contribution in [0.4, 0.5) is 5.69 Å². The first-order chi connectivity index (χ1) is 15.2. The van der Waals surface area contributed by atoms with Gasteiger partial charge in [-0.1, -0.05) is 30.7 Å². The number of piperazine rings is 1. The Hall–Kier alpha value is -2.53. The van der Waals surface area contributed by atoms with E-state index in [0.29, 0.717) is 12.0 Å². The molecule has 0 radical (unpaired) electrons. The lowest BCUT2D eigenvalue weighted by atomic mass is 9.95. The zero-order valence-electron chi connectivity index (χ0n) is 18.4. The van der Waals surface area contributed by atoms with Gasteiger partial charge in [0, 0.05) is 44.3 Å². The van der Waals surface area contributed by atoms with Crippen LogP contribution in [0.5, 0.6) is 5.75 Å². The van der Waals surface area contributed by atoms with E-state index in [0.717, 1.165) is 50.0 Å². The van der Waals surface area contributed by atoms with Crippen molar-refractivity contribution in [1.29, 1.82) is 0 Å². The van der Waals surface area contributed by atoms with Gasteiger partial charge in [0.1, 0.15) is 5.75 Å². The molecule has 164 valence electrons. The number of nitrogens with one attached hydrogen (secondary N) is 1. The molecule has 2 bridgehead atoms. The van der Waals surface area contributed by atoms with E-state index < -0.39 is 0 Å². The van der Waals surface area contributed by atoms with Gasteiger partial charge in [-0.3, -0.25) is 9.69 Å². The molecule has 1 amide bonds. The number of nitrogens with zero attached hydrogens (tertiary/aromatic N) is 2. The Morgan fingerprint density at radius 3 is 2.45 bits per heavy atom. The average molecular weight is 420 g/mol. The van der Waals surface area contributed by atoms with Crippen LogP contribution in [-0.4, -0.2) is 50.1 Å². The van der Waals surface area contributed by atoms with Crippen LogP contribution in [0, 0.1) is 11.8 Å². The van der Waals surface area contributed by atoms with Crippen LogP contribution in [0.1, 0.15) is 41.6 Å². The Morgan fingerprint density at radius 1 is 1.00 bits per heavy atom. The number of anilines is 1. The Balaban J connectivity index is 1.12. The van der Waals surface area contributed by atoms with E-state index in [-0.39, 0.29) is 5.91 Å². The topological polar surface area (TPSA) is 44.8 Å². The normalized spacial score (nSPS) is 25.6. The van der Waals surface area contributed by atoms with Crippen molar-refractivity contribution in [2.24, 2.45) is 11.8 Å². The minimum Gasteiger partial charge on any atom is -0.495 e. The summed E-state index contributed by atoms with van der Waals surface area (Å²) in [6.07, 6.45) is 5.14.